The third-order valence-corrected chi connectivity index (χ3v) is 5.73. The second kappa shape index (κ2) is 8.96. The number of amides is 2. The molecule has 4 rings (SSSR count). The fourth-order valence-electron chi connectivity index (χ4n) is 3.68. The first kappa shape index (κ1) is 21.8. The van der Waals surface area contributed by atoms with Gasteiger partial charge in [0.25, 0.3) is 0 Å². The maximum Gasteiger partial charge on any atom is 0.321 e. The van der Waals surface area contributed by atoms with E-state index in [2.05, 4.69) is 15.3 Å². The summed E-state index contributed by atoms with van der Waals surface area (Å²) < 4.78 is 10.7. The number of hydrogen-bond acceptors (Lipinski definition) is 7. The van der Waals surface area contributed by atoms with E-state index in [1.807, 2.05) is 17.9 Å². The van der Waals surface area contributed by atoms with Gasteiger partial charge in [0.1, 0.15) is 5.82 Å². The second-order valence-corrected chi connectivity index (χ2v) is 7.93. The SMILES string of the molecule is COc1cc2nc(N3CCN(C(=O)Nc4ccc(Cl)cc4C)CC3)nc(N)c2cc1OC. The molecule has 2 amide bonds. The molecule has 10 heteroatoms. The van der Waals surface area contributed by atoms with Gasteiger partial charge in [-0.3, -0.25) is 0 Å². The van der Waals surface area contributed by atoms with Crippen LogP contribution in [0.25, 0.3) is 10.9 Å². The molecule has 1 fully saturated rings. The Balaban J connectivity index is 1.47. The number of nitrogens with one attached hydrogen (secondary N) is 1. The highest BCUT2D eigenvalue weighted by molar-refractivity contribution is 6.30. The van der Waals surface area contributed by atoms with E-state index in [0.717, 1.165) is 11.3 Å². The first-order valence-electron chi connectivity index (χ1n) is 10.2. The molecule has 2 aromatic carbocycles. The molecule has 168 valence electrons. The van der Waals surface area contributed by atoms with Gasteiger partial charge in [-0.1, -0.05) is 11.6 Å². The van der Waals surface area contributed by atoms with E-state index >= 15 is 0 Å². The monoisotopic (exact) mass is 456 g/mol. The van der Waals surface area contributed by atoms with E-state index in [1.54, 1.807) is 43.4 Å². The molecule has 0 spiro atoms. The highest BCUT2D eigenvalue weighted by Crippen LogP contribution is 2.34. The summed E-state index contributed by atoms with van der Waals surface area (Å²) in [5.41, 5.74) is 8.54. The Bertz CT molecular complexity index is 1160. The van der Waals surface area contributed by atoms with Crippen LogP contribution in [-0.4, -0.2) is 61.3 Å². The van der Waals surface area contributed by atoms with Crippen LogP contribution in [0.15, 0.2) is 30.3 Å². The lowest BCUT2D eigenvalue weighted by Gasteiger charge is -2.35. The molecule has 0 bridgehead atoms. The third-order valence-electron chi connectivity index (χ3n) is 5.50. The number of ether oxygens (including phenoxy) is 2. The number of nitrogens with two attached hydrogens (primary N) is 1. The summed E-state index contributed by atoms with van der Waals surface area (Å²) in [6.07, 6.45) is 0. The lowest BCUT2D eigenvalue weighted by molar-refractivity contribution is 0.208. The second-order valence-electron chi connectivity index (χ2n) is 7.50. The van der Waals surface area contributed by atoms with Gasteiger partial charge in [0, 0.05) is 48.3 Å². The Hall–Kier alpha value is -3.46. The van der Waals surface area contributed by atoms with Crippen LogP contribution in [-0.2, 0) is 0 Å². The number of urea groups is 1. The van der Waals surface area contributed by atoms with Crippen LogP contribution in [0.4, 0.5) is 22.2 Å². The Kier molecular flexibility index (Phi) is 6.09. The van der Waals surface area contributed by atoms with E-state index in [1.165, 1.54) is 0 Å². The number of hydrogen-bond donors (Lipinski definition) is 2. The zero-order valence-corrected chi connectivity index (χ0v) is 18.9. The molecule has 0 unspecified atom stereocenters. The number of piperazine rings is 1. The van der Waals surface area contributed by atoms with E-state index in [0.29, 0.717) is 65.4 Å². The normalized spacial score (nSPS) is 13.9. The average molecular weight is 457 g/mol. The molecule has 1 aromatic heterocycles. The smallest absolute Gasteiger partial charge is 0.321 e. The van der Waals surface area contributed by atoms with Crippen molar-refractivity contribution in [2.75, 3.05) is 56.3 Å². The maximum absolute atomic E-state index is 12.7. The molecular weight excluding hydrogens is 432 g/mol. The van der Waals surface area contributed by atoms with Crippen molar-refractivity contribution < 1.29 is 14.3 Å². The van der Waals surface area contributed by atoms with Crippen LogP contribution in [0.2, 0.25) is 5.02 Å². The van der Waals surface area contributed by atoms with Gasteiger partial charge >= 0.3 is 6.03 Å². The van der Waals surface area contributed by atoms with E-state index < -0.39 is 0 Å². The summed E-state index contributed by atoms with van der Waals surface area (Å²) in [6.45, 7) is 4.15. The van der Waals surface area contributed by atoms with Crippen LogP contribution in [0, 0.1) is 6.92 Å². The molecule has 3 N–H and O–H groups in total. The van der Waals surface area contributed by atoms with Crippen molar-refractivity contribution in [3.8, 4) is 11.5 Å². The number of fused-ring (bicyclic) bond motifs is 1. The number of nitrogen functional groups attached to an aromatic ring is 1. The molecule has 2 heterocycles. The molecule has 0 aliphatic carbocycles. The number of nitrogens with zero attached hydrogens (tertiary/aromatic N) is 4. The number of aromatic nitrogens is 2. The molecule has 1 aliphatic heterocycles. The largest absolute Gasteiger partial charge is 0.493 e. The molecular formula is C22H25ClN6O3. The van der Waals surface area contributed by atoms with Gasteiger partial charge in [0.05, 0.1) is 19.7 Å². The highest BCUT2D eigenvalue weighted by Gasteiger charge is 2.24. The number of aryl methyl sites for hydroxylation is 1. The van der Waals surface area contributed by atoms with Gasteiger partial charge in [-0.05, 0) is 36.8 Å². The molecule has 9 nitrogen and oxygen atoms in total. The molecule has 0 radical (unpaired) electrons. The summed E-state index contributed by atoms with van der Waals surface area (Å²) in [6, 6.07) is 8.80. The number of rotatable bonds is 4. The number of carbonyl (C=O) groups is 1. The Morgan fingerprint density at radius 1 is 1.06 bits per heavy atom. The van der Waals surface area contributed by atoms with Crippen molar-refractivity contribution in [3.63, 3.8) is 0 Å². The van der Waals surface area contributed by atoms with Crippen LogP contribution >= 0.6 is 11.6 Å². The third kappa shape index (κ3) is 4.29. The van der Waals surface area contributed by atoms with Gasteiger partial charge in [-0.2, -0.15) is 4.98 Å². The van der Waals surface area contributed by atoms with E-state index in [-0.39, 0.29) is 6.03 Å². The van der Waals surface area contributed by atoms with Gasteiger partial charge in [-0.15, -0.1) is 0 Å². The zero-order valence-electron chi connectivity index (χ0n) is 18.2. The summed E-state index contributed by atoms with van der Waals surface area (Å²) in [4.78, 5) is 25.6. The lowest BCUT2D eigenvalue weighted by Crippen LogP contribution is -2.50. The van der Waals surface area contributed by atoms with Crippen LogP contribution < -0.4 is 25.4 Å². The van der Waals surface area contributed by atoms with Crippen molar-refractivity contribution in [3.05, 3.63) is 40.9 Å². The molecule has 3 aromatic rings. The lowest BCUT2D eigenvalue weighted by atomic mass is 10.2. The quantitative estimate of drug-likeness (QED) is 0.618. The average Bonchev–Trinajstić information content (AvgIpc) is 2.80. The summed E-state index contributed by atoms with van der Waals surface area (Å²) in [5, 5.41) is 4.29. The number of halogens is 1. The van der Waals surface area contributed by atoms with Crippen LogP contribution in [0.3, 0.4) is 0 Å². The Morgan fingerprint density at radius 3 is 2.41 bits per heavy atom. The minimum atomic E-state index is -0.147. The number of methoxy groups -OCH3 is 2. The predicted molar refractivity (Wildman–Crippen MR) is 126 cm³/mol. The van der Waals surface area contributed by atoms with Crippen molar-refractivity contribution >= 4 is 46.0 Å². The van der Waals surface area contributed by atoms with Gasteiger partial charge in [0.15, 0.2) is 11.5 Å². The highest BCUT2D eigenvalue weighted by atomic mass is 35.5. The van der Waals surface area contributed by atoms with E-state index in [9.17, 15) is 4.79 Å². The Labute approximate surface area is 191 Å². The molecule has 1 saturated heterocycles. The number of carbonyl (C=O) groups excluding carboxylic acids is 1. The predicted octanol–water partition coefficient (Wildman–Crippen LogP) is 3.55. The van der Waals surface area contributed by atoms with Crippen molar-refractivity contribution in [2.24, 2.45) is 0 Å². The first-order chi connectivity index (χ1) is 15.4. The molecule has 0 saturated carbocycles. The van der Waals surface area contributed by atoms with Gasteiger partial charge in [-0.25, -0.2) is 9.78 Å². The minimum absolute atomic E-state index is 0.147. The summed E-state index contributed by atoms with van der Waals surface area (Å²) in [7, 11) is 3.14. The van der Waals surface area contributed by atoms with E-state index in [4.69, 9.17) is 26.8 Å². The number of anilines is 3. The fraction of sp³-hybridized carbons (Fsp3) is 0.318. The standard InChI is InChI=1S/C22H25ClN6O3/c1-13-10-14(23)4-5-16(13)26-22(30)29-8-6-28(7-9-29)21-25-17-12-19(32-3)18(31-2)11-15(17)20(24)27-21/h4-5,10-12H,6-9H2,1-3H3,(H,26,30)(H2,24,25,27). The Morgan fingerprint density at radius 2 is 1.75 bits per heavy atom. The van der Waals surface area contributed by atoms with Gasteiger partial charge in [0.2, 0.25) is 5.95 Å². The van der Waals surface area contributed by atoms with Crippen LogP contribution in [0.1, 0.15) is 5.56 Å². The maximum atomic E-state index is 12.7. The fourth-order valence-corrected chi connectivity index (χ4v) is 3.91. The first-order valence-corrected chi connectivity index (χ1v) is 10.5. The summed E-state index contributed by atoms with van der Waals surface area (Å²) >= 11 is 5.99. The minimum Gasteiger partial charge on any atom is -0.493 e. The van der Waals surface area contributed by atoms with Gasteiger partial charge < -0.3 is 30.3 Å². The number of benzene rings is 2. The zero-order chi connectivity index (χ0) is 22.8. The topological polar surface area (TPSA) is 106 Å². The molecule has 0 atom stereocenters. The molecule has 32 heavy (non-hydrogen) atoms. The van der Waals surface area contributed by atoms with Crippen molar-refractivity contribution in [1.29, 1.82) is 0 Å². The van der Waals surface area contributed by atoms with Crippen LogP contribution in [0.5, 0.6) is 11.5 Å². The molecule has 1 aliphatic rings. The van der Waals surface area contributed by atoms with Crippen molar-refractivity contribution in [2.45, 2.75) is 6.92 Å². The summed E-state index contributed by atoms with van der Waals surface area (Å²) in [5.74, 6) is 2.03. The van der Waals surface area contributed by atoms with Crippen molar-refractivity contribution in [1.82, 2.24) is 14.9 Å².